The van der Waals surface area contributed by atoms with E-state index < -0.39 is 23.6 Å². The highest BCUT2D eigenvalue weighted by Crippen LogP contribution is 2.11. The average molecular weight is 323 g/mol. The van der Waals surface area contributed by atoms with Crippen LogP contribution in [0, 0.1) is 5.82 Å². The molecular formula is C13H26FN3O3S. The number of nitrogens with zero attached hydrogens (tertiary/aromatic N) is 2. The van der Waals surface area contributed by atoms with Crippen molar-refractivity contribution in [3.05, 3.63) is 22.5 Å². The quantitative estimate of drug-likeness (QED) is 0.712. The Morgan fingerprint density at radius 2 is 2.00 bits per heavy atom. The van der Waals surface area contributed by atoms with Crippen LogP contribution in [0.25, 0.3) is 0 Å². The van der Waals surface area contributed by atoms with Crippen LogP contribution in [0.2, 0.25) is 0 Å². The van der Waals surface area contributed by atoms with Crippen molar-refractivity contribution in [2.45, 2.75) is 40.3 Å². The Hall–Kier alpha value is -1.12. The van der Waals surface area contributed by atoms with Gasteiger partial charge in [-0.05, 0) is 0 Å². The highest BCUT2D eigenvalue weighted by Gasteiger charge is 2.12. The third kappa shape index (κ3) is 9.43. The lowest BCUT2D eigenvalue weighted by Crippen LogP contribution is -2.29. The number of aliphatic hydroxyl groups is 2. The van der Waals surface area contributed by atoms with Crippen molar-refractivity contribution in [3.8, 4) is 0 Å². The summed E-state index contributed by atoms with van der Waals surface area (Å²) in [6.07, 6.45) is 0.876. The van der Waals surface area contributed by atoms with Crippen molar-refractivity contribution in [1.29, 1.82) is 0 Å². The molecule has 8 heteroatoms. The molecule has 0 saturated carbocycles. The molecule has 6 nitrogen and oxygen atoms in total. The molecule has 1 heterocycles. The second-order valence-electron chi connectivity index (χ2n) is 3.65. The number of thioether (sulfide) groups is 1. The lowest BCUT2D eigenvalue weighted by Gasteiger charge is -2.12. The smallest absolute Gasteiger partial charge is 0.351 e. The Balaban J connectivity index is 0. The molecule has 0 bridgehead atoms. The maximum absolute atomic E-state index is 13.0. The zero-order valence-corrected chi connectivity index (χ0v) is 13.9. The molecule has 0 aliphatic rings. The van der Waals surface area contributed by atoms with E-state index in [9.17, 15) is 14.3 Å². The van der Waals surface area contributed by atoms with Gasteiger partial charge in [0, 0.05) is 11.5 Å². The lowest BCUT2D eigenvalue weighted by atomic mass is 10.5. The van der Waals surface area contributed by atoms with Crippen LogP contribution in [0.5, 0.6) is 0 Å². The van der Waals surface area contributed by atoms with E-state index in [1.807, 2.05) is 13.8 Å². The van der Waals surface area contributed by atoms with E-state index in [-0.39, 0.29) is 12.4 Å². The van der Waals surface area contributed by atoms with Crippen molar-refractivity contribution >= 4 is 17.6 Å². The molecule has 1 rings (SSSR count). The zero-order valence-electron chi connectivity index (χ0n) is 13.0. The van der Waals surface area contributed by atoms with Crippen LogP contribution in [0.4, 0.5) is 10.2 Å². The van der Waals surface area contributed by atoms with E-state index in [4.69, 9.17) is 10.8 Å². The van der Waals surface area contributed by atoms with Gasteiger partial charge in [0.2, 0.25) is 0 Å². The Labute approximate surface area is 129 Å². The Morgan fingerprint density at radius 3 is 2.48 bits per heavy atom. The number of halogens is 1. The average Bonchev–Trinajstić information content (AvgIpc) is 2.46. The number of hydrogen-bond acceptors (Lipinski definition) is 6. The van der Waals surface area contributed by atoms with Gasteiger partial charge in [-0.25, -0.2) is 9.18 Å². The molecule has 0 radical (unpaired) electrons. The Kier molecular flexibility index (Phi) is 14.6. The first-order valence-electron chi connectivity index (χ1n) is 6.88. The molecule has 1 unspecified atom stereocenters. The summed E-state index contributed by atoms with van der Waals surface area (Å²) in [5.74, 6) is -0.760. The molecule has 0 aliphatic carbocycles. The first kappa shape index (κ1) is 22.2. The fourth-order valence-electron chi connectivity index (χ4n) is 1.00. The molecule has 4 N–H and O–H groups in total. The molecule has 0 amide bonds. The maximum Gasteiger partial charge on any atom is 0.351 e. The molecule has 0 fully saturated rings. The number of anilines is 1. The predicted octanol–water partition coefficient (Wildman–Crippen LogP) is 1.62. The maximum atomic E-state index is 13.0. The number of nitrogens with two attached hydrogens (primary N) is 1. The highest BCUT2D eigenvalue weighted by atomic mass is 32.2. The van der Waals surface area contributed by atoms with Crippen molar-refractivity contribution in [2.24, 2.45) is 0 Å². The number of aromatic nitrogens is 2. The predicted molar refractivity (Wildman–Crippen MR) is 85.8 cm³/mol. The van der Waals surface area contributed by atoms with Crippen molar-refractivity contribution < 1.29 is 14.6 Å². The van der Waals surface area contributed by atoms with Gasteiger partial charge in [-0.1, -0.05) is 34.1 Å². The molecule has 1 aromatic rings. The molecule has 0 saturated heterocycles. The summed E-state index contributed by atoms with van der Waals surface area (Å²) < 4.78 is 13.8. The van der Waals surface area contributed by atoms with Crippen LogP contribution < -0.4 is 11.4 Å². The first-order valence-corrected chi connectivity index (χ1v) is 8.04. The highest BCUT2D eigenvalue weighted by molar-refractivity contribution is 7.99. The van der Waals surface area contributed by atoms with Gasteiger partial charge in [-0.15, -0.1) is 0 Å². The van der Waals surface area contributed by atoms with Crippen LogP contribution in [0.3, 0.4) is 0 Å². The second-order valence-corrected chi connectivity index (χ2v) is 4.80. The normalized spacial score (nSPS) is 10.8. The molecule has 0 spiro atoms. The molecular weight excluding hydrogens is 297 g/mol. The minimum Gasteiger partial charge on any atom is -0.396 e. The number of aliphatic hydroxyl groups excluding tert-OH is 2. The number of rotatable bonds is 5. The first-order chi connectivity index (χ1) is 9.97. The Morgan fingerprint density at radius 1 is 1.48 bits per heavy atom. The van der Waals surface area contributed by atoms with Gasteiger partial charge >= 0.3 is 5.69 Å². The molecule has 1 atom stereocenters. The van der Waals surface area contributed by atoms with Gasteiger partial charge in [0.15, 0.2) is 11.6 Å². The van der Waals surface area contributed by atoms with Gasteiger partial charge in [0.1, 0.15) is 6.23 Å². The Bertz CT molecular complexity index is 430. The van der Waals surface area contributed by atoms with Crippen molar-refractivity contribution in [3.63, 3.8) is 0 Å². The largest absolute Gasteiger partial charge is 0.396 e. The summed E-state index contributed by atoms with van der Waals surface area (Å²) in [4.78, 5) is 14.5. The van der Waals surface area contributed by atoms with E-state index in [0.717, 1.165) is 10.8 Å². The van der Waals surface area contributed by atoms with Crippen LogP contribution in [-0.4, -0.2) is 37.9 Å². The number of hydrogen-bond donors (Lipinski definition) is 3. The van der Waals surface area contributed by atoms with Gasteiger partial charge in [-0.2, -0.15) is 16.7 Å². The zero-order chi connectivity index (χ0) is 16.8. The van der Waals surface area contributed by atoms with E-state index in [1.54, 1.807) is 0 Å². The summed E-state index contributed by atoms with van der Waals surface area (Å²) in [6.45, 7) is 8.22. The lowest BCUT2D eigenvalue weighted by molar-refractivity contribution is 0.122. The van der Waals surface area contributed by atoms with E-state index in [2.05, 4.69) is 18.8 Å². The summed E-state index contributed by atoms with van der Waals surface area (Å²) in [7, 11) is 0. The van der Waals surface area contributed by atoms with Gasteiger partial charge in [0.25, 0.3) is 0 Å². The third-order valence-corrected chi connectivity index (χ3v) is 2.76. The SMILES string of the molecule is CC.CCC.Nc1nc(=O)n(C(O)CSCCO)cc1F. The minimum absolute atomic E-state index is 0.0271. The van der Waals surface area contributed by atoms with E-state index >= 15 is 0 Å². The summed E-state index contributed by atoms with van der Waals surface area (Å²) in [5.41, 5.74) is 4.28. The van der Waals surface area contributed by atoms with Gasteiger partial charge in [-0.3, -0.25) is 4.57 Å². The van der Waals surface area contributed by atoms with Crippen LogP contribution >= 0.6 is 11.8 Å². The topological polar surface area (TPSA) is 101 Å². The molecule has 1 aromatic heterocycles. The molecule has 21 heavy (non-hydrogen) atoms. The van der Waals surface area contributed by atoms with Gasteiger partial charge < -0.3 is 15.9 Å². The second kappa shape index (κ2) is 13.8. The summed E-state index contributed by atoms with van der Waals surface area (Å²) in [6, 6.07) is 0. The van der Waals surface area contributed by atoms with E-state index in [1.165, 1.54) is 18.2 Å². The van der Waals surface area contributed by atoms with Crippen molar-refractivity contribution in [1.82, 2.24) is 9.55 Å². The minimum atomic E-state index is -1.19. The molecule has 0 aliphatic heterocycles. The summed E-state index contributed by atoms with van der Waals surface area (Å²) in [5, 5.41) is 18.1. The van der Waals surface area contributed by atoms with Gasteiger partial charge in [0.05, 0.1) is 12.8 Å². The fraction of sp³-hybridized carbons (Fsp3) is 0.692. The monoisotopic (exact) mass is 323 g/mol. The van der Waals surface area contributed by atoms with Crippen molar-refractivity contribution in [2.75, 3.05) is 23.8 Å². The van der Waals surface area contributed by atoms with Crippen LogP contribution in [0.1, 0.15) is 40.3 Å². The van der Waals surface area contributed by atoms with Crippen LogP contribution in [-0.2, 0) is 0 Å². The fourth-order valence-corrected chi connectivity index (χ4v) is 1.67. The van der Waals surface area contributed by atoms with Crippen LogP contribution in [0.15, 0.2) is 11.0 Å². The third-order valence-electron chi connectivity index (χ3n) is 1.76. The summed E-state index contributed by atoms with van der Waals surface area (Å²) >= 11 is 1.23. The molecule has 124 valence electrons. The standard InChI is InChI=1S/C8H12FN3O3S.C3H8.C2H6/c9-5-3-12(8(15)11-7(5)10)6(14)4-16-2-1-13;1-3-2;1-2/h3,6,13-14H,1-2,4H2,(H2,10,11,15);3H2,1-2H3;1-2H3. The molecule has 0 aromatic carbocycles. The number of nitrogen functional groups attached to an aromatic ring is 1. The van der Waals surface area contributed by atoms with E-state index in [0.29, 0.717) is 5.75 Å².